The third-order valence-electron chi connectivity index (χ3n) is 1.26. The van der Waals surface area contributed by atoms with Crippen LogP contribution in [0.15, 0.2) is 10.4 Å². The summed E-state index contributed by atoms with van der Waals surface area (Å²) in [5, 5.41) is 6.33. The molecular formula is C5H8ClN2O2S2+. The summed E-state index contributed by atoms with van der Waals surface area (Å²) in [7, 11) is -3.13. The van der Waals surface area contributed by atoms with Gasteiger partial charge < -0.3 is 0 Å². The van der Waals surface area contributed by atoms with Crippen molar-refractivity contribution in [3.63, 3.8) is 0 Å². The van der Waals surface area contributed by atoms with Crippen molar-refractivity contribution in [2.45, 2.75) is 5.25 Å². The predicted octanol–water partition coefficient (Wildman–Crippen LogP) is -1.33. The summed E-state index contributed by atoms with van der Waals surface area (Å²) in [6.45, 7) is 0. The van der Waals surface area contributed by atoms with Crippen molar-refractivity contribution in [3.05, 3.63) is 10.4 Å². The Kier molecular flexibility index (Phi) is 2.70. The van der Waals surface area contributed by atoms with E-state index in [0.717, 1.165) is 17.2 Å². The Morgan fingerprint density at radius 1 is 1.83 bits per heavy atom. The van der Waals surface area contributed by atoms with Crippen molar-refractivity contribution >= 4 is 38.4 Å². The van der Waals surface area contributed by atoms with Gasteiger partial charge >= 0.3 is 0 Å². The SMILES string of the molecule is NC(=[NH2+])SC1CS(=O)(=O)C=C1Cl. The highest BCUT2D eigenvalue weighted by Gasteiger charge is 2.30. The Balaban J connectivity index is 2.76. The Bertz CT molecular complexity index is 335. The molecule has 0 saturated carbocycles. The maximum Gasteiger partial charge on any atom is 0.300 e. The molecule has 0 fully saturated rings. The molecule has 0 aromatic rings. The van der Waals surface area contributed by atoms with Gasteiger partial charge in [0.25, 0.3) is 5.17 Å². The quantitative estimate of drug-likeness (QED) is 0.430. The number of amidine groups is 1. The Morgan fingerprint density at radius 2 is 2.42 bits per heavy atom. The standard InChI is InChI=1S/C5H7ClN2O2S2/c6-3-1-12(9,10)2-4(3)11-5(7)8/h1,4H,2H2,(H3,7,8)/p+1. The first-order valence-electron chi connectivity index (χ1n) is 3.05. The molecule has 1 atom stereocenters. The van der Waals surface area contributed by atoms with Crippen LogP contribution in [0.2, 0.25) is 0 Å². The highest BCUT2D eigenvalue weighted by molar-refractivity contribution is 8.15. The van der Waals surface area contributed by atoms with E-state index >= 15 is 0 Å². The molecule has 4 nitrogen and oxygen atoms in total. The van der Waals surface area contributed by atoms with E-state index in [1.807, 2.05) is 0 Å². The van der Waals surface area contributed by atoms with Crippen LogP contribution in [0.1, 0.15) is 0 Å². The van der Waals surface area contributed by atoms with Crippen LogP contribution < -0.4 is 11.1 Å². The van der Waals surface area contributed by atoms with Gasteiger partial charge in [0.15, 0.2) is 9.84 Å². The molecule has 68 valence electrons. The van der Waals surface area contributed by atoms with Gasteiger partial charge in [0.1, 0.15) is 0 Å². The average Bonchev–Trinajstić information content (AvgIpc) is 2.03. The van der Waals surface area contributed by atoms with E-state index in [4.69, 9.17) is 22.7 Å². The minimum atomic E-state index is -3.13. The summed E-state index contributed by atoms with van der Waals surface area (Å²) in [4.78, 5) is 0. The molecule has 1 unspecified atom stereocenters. The largest absolute Gasteiger partial charge is 0.300 e. The summed E-state index contributed by atoms with van der Waals surface area (Å²) in [6, 6.07) is 0. The molecule has 0 aromatic heterocycles. The van der Waals surface area contributed by atoms with Crippen LogP contribution in [0.4, 0.5) is 0 Å². The van der Waals surface area contributed by atoms with E-state index in [1.54, 1.807) is 0 Å². The van der Waals surface area contributed by atoms with E-state index in [-0.39, 0.29) is 21.2 Å². The van der Waals surface area contributed by atoms with E-state index in [1.165, 1.54) is 0 Å². The van der Waals surface area contributed by atoms with E-state index in [0.29, 0.717) is 0 Å². The number of hydrogen-bond acceptors (Lipinski definition) is 3. The van der Waals surface area contributed by atoms with Crippen molar-refractivity contribution in [2.24, 2.45) is 5.73 Å². The predicted molar refractivity (Wildman–Crippen MR) is 50.2 cm³/mol. The first kappa shape index (κ1) is 9.88. The fraction of sp³-hybridized carbons (Fsp3) is 0.400. The molecule has 0 bridgehead atoms. The number of hydrogen-bond donors (Lipinski definition) is 2. The molecule has 12 heavy (non-hydrogen) atoms. The Hall–Kier alpha value is -0.200. The molecule has 1 aliphatic heterocycles. The smallest absolute Gasteiger partial charge is 0.282 e. The maximum absolute atomic E-state index is 11.0. The normalized spacial score (nSPS) is 26.8. The molecule has 1 heterocycles. The zero-order chi connectivity index (χ0) is 9.35. The van der Waals surface area contributed by atoms with Gasteiger partial charge in [-0.1, -0.05) is 11.6 Å². The van der Waals surface area contributed by atoms with Crippen LogP contribution in [0.25, 0.3) is 0 Å². The lowest BCUT2D eigenvalue weighted by Gasteiger charge is -2.02. The topological polar surface area (TPSA) is 85.8 Å². The van der Waals surface area contributed by atoms with Gasteiger partial charge in [-0.05, 0) is 11.8 Å². The van der Waals surface area contributed by atoms with Gasteiger partial charge in [-0.2, -0.15) is 0 Å². The Labute approximate surface area is 79.6 Å². The van der Waals surface area contributed by atoms with Crippen molar-refractivity contribution in [1.82, 2.24) is 0 Å². The third kappa shape index (κ3) is 2.40. The summed E-state index contributed by atoms with van der Waals surface area (Å²) >= 11 is 6.71. The van der Waals surface area contributed by atoms with Crippen LogP contribution in [-0.2, 0) is 9.84 Å². The molecule has 1 rings (SSSR count). The first-order valence-corrected chi connectivity index (χ1v) is 6.02. The van der Waals surface area contributed by atoms with Gasteiger partial charge in [-0.15, -0.1) is 0 Å². The summed E-state index contributed by atoms with van der Waals surface area (Å²) in [5.41, 5.74) is 5.20. The highest BCUT2D eigenvalue weighted by atomic mass is 35.5. The lowest BCUT2D eigenvalue weighted by molar-refractivity contribution is -0.110. The van der Waals surface area contributed by atoms with E-state index in [9.17, 15) is 8.42 Å². The molecule has 7 heteroatoms. The van der Waals surface area contributed by atoms with E-state index in [2.05, 4.69) is 0 Å². The molecule has 0 aliphatic carbocycles. The number of sulfone groups is 1. The van der Waals surface area contributed by atoms with Crippen LogP contribution in [-0.4, -0.2) is 24.6 Å². The molecule has 0 amide bonds. The van der Waals surface area contributed by atoms with Crippen molar-refractivity contribution in [3.8, 4) is 0 Å². The van der Waals surface area contributed by atoms with Crippen LogP contribution in [0.3, 0.4) is 0 Å². The second kappa shape index (κ2) is 3.27. The summed E-state index contributed by atoms with van der Waals surface area (Å²) in [5.74, 6) is -0.0194. The number of halogens is 1. The average molecular weight is 228 g/mol. The summed E-state index contributed by atoms with van der Waals surface area (Å²) < 4.78 is 21.9. The first-order chi connectivity index (χ1) is 5.41. The fourth-order valence-electron chi connectivity index (χ4n) is 0.841. The maximum atomic E-state index is 11.0. The molecular weight excluding hydrogens is 220 g/mol. The molecule has 0 aromatic carbocycles. The van der Waals surface area contributed by atoms with Gasteiger partial charge in [-0.3, -0.25) is 11.1 Å². The zero-order valence-corrected chi connectivity index (χ0v) is 8.42. The molecule has 0 spiro atoms. The van der Waals surface area contributed by atoms with Crippen LogP contribution in [0, 0.1) is 0 Å². The van der Waals surface area contributed by atoms with Gasteiger partial charge in [0, 0.05) is 10.4 Å². The zero-order valence-electron chi connectivity index (χ0n) is 6.03. The number of rotatable bonds is 1. The number of nitrogens with two attached hydrogens (primary N) is 2. The summed E-state index contributed by atoms with van der Waals surface area (Å²) in [6.07, 6.45) is 0. The van der Waals surface area contributed by atoms with Crippen molar-refractivity contribution < 1.29 is 13.8 Å². The van der Waals surface area contributed by atoms with Gasteiger partial charge in [-0.25, -0.2) is 8.42 Å². The lowest BCUT2D eigenvalue weighted by Crippen LogP contribution is -2.44. The van der Waals surface area contributed by atoms with E-state index < -0.39 is 9.84 Å². The van der Waals surface area contributed by atoms with Gasteiger partial charge in [0.05, 0.1) is 11.0 Å². The molecule has 1 aliphatic rings. The monoisotopic (exact) mass is 227 g/mol. The second-order valence-electron chi connectivity index (χ2n) is 2.34. The molecule has 4 N–H and O–H groups in total. The molecule has 0 radical (unpaired) electrons. The van der Waals surface area contributed by atoms with Crippen molar-refractivity contribution in [2.75, 3.05) is 5.75 Å². The third-order valence-corrected chi connectivity index (χ3v) is 4.49. The van der Waals surface area contributed by atoms with Gasteiger partial charge in [0.2, 0.25) is 0 Å². The molecule has 0 saturated heterocycles. The van der Waals surface area contributed by atoms with Crippen LogP contribution >= 0.6 is 23.4 Å². The highest BCUT2D eigenvalue weighted by Crippen LogP contribution is 2.29. The number of thioether (sulfide) groups is 1. The lowest BCUT2D eigenvalue weighted by atomic mass is 10.5. The van der Waals surface area contributed by atoms with Crippen molar-refractivity contribution in [1.29, 1.82) is 0 Å². The minimum absolute atomic E-state index is 0.0194. The fourth-order valence-corrected chi connectivity index (χ4v) is 4.19. The van der Waals surface area contributed by atoms with Crippen LogP contribution in [0.5, 0.6) is 0 Å². The second-order valence-corrected chi connectivity index (χ2v) is 5.95. The Morgan fingerprint density at radius 3 is 2.75 bits per heavy atom. The minimum Gasteiger partial charge on any atom is -0.282 e.